The Kier molecular flexibility index (Phi) is 5.80. The number of amides is 1. The van der Waals surface area contributed by atoms with E-state index in [1.165, 1.54) is 0 Å². The minimum atomic E-state index is -0.0723. The summed E-state index contributed by atoms with van der Waals surface area (Å²) in [5.74, 6) is 1.71. The van der Waals surface area contributed by atoms with Gasteiger partial charge in [0.1, 0.15) is 0 Å². The third kappa shape index (κ3) is 3.46. The molecule has 0 bridgehead atoms. The van der Waals surface area contributed by atoms with Crippen LogP contribution in [-0.4, -0.2) is 43.6 Å². The van der Waals surface area contributed by atoms with E-state index < -0.39 is 0 Å². The van der Waals surface area contributed by atoms with Gasteiger partial charge in [-0.15, -0.1) is 12.4 Å². The third-order valence-electron chi connectivity index (χ3n) is 5.78. The second kappa shape index (κ2) is 7.85. The number of fused-ring (bicyclic) bond motifs is 1. The molecule has 0 aromatic heterocycles. The molecule has 132 valence electrons. The Bertz CT molecular complexity index is 554. The van der Waals surface area contributed by atoms with Gasteiger partial charge in [-0.2, -0.15) is 0 Å². The molecule has 3 saturated heterocycles. The first-order valence-electron chi connectivity index (χ1n) is 8.99. The highest BCUT2D eigenvalue weighted by atomic mass is 35.5. The van der Waals surface area contributed by atoms with Crippen LogP contribution in [0.15, 0.2) is 30.3 Å². The number of carbonyl (C=O) groups is 1. The van der Waals surface area contributed by atoms with E-state index in [0.29, 0.717) is 11.8 Å². The maximum Gasteiger partial charge on any atom is 0.228 e. The summed E-state index contributed by atoms with van der Waals surface area (Å²) in [6, 6.07) is 10.3. The van der Waals surface area contributed by atoms with Crippen LogP contribution >= 0.6 is 12.4 Å². The van der Waals surface area contributed by atoms with Crippen LogP contribution in [0.4, 0.5) is 0 Å². The zero-order chi connectivity index (χ0) is 15.6. The zero-order valence-corrected chi connectivity index (χ0v) is 14.8. The molecule has 4 nitrogen and oxygen atoms in total. The van der Waals surface area contributed by atoms with E-state index in [1.807, 2.05) is 18.2 Å². The van der Waals surface area contributed by atoms with Crippen molar-refractivity contribution in [3.8, 4) is 0 Å². The predicted molar refractivity (Wildman–Crippen MR) is 96.2 cm³/mol. The van der Waals surface area contributed by atoms with Gasteiger partial charge in [0.15, 0.2) is 0 Å². The Hall–Kier alpha value is -1.10. The van der Waals surface area contributed by atoms with Crippen LogP contribution in [0.1, 0.15) is 30.9 Å². The largest absolute Gasteiger partial charge is 0.373 e. The molecular formula is C19H27ClN2O2. The molecule has 24 heavy (non-hydrogen) atoms. The lowest BCUT2D eigenvalue weighted by Crippen LogP contribution is -2.47. The van der Waals surface area contributed by atoms with Crippen molar-refractivity contribution in [1.82, 2.24) is 10.2 Å². The summed E-state index contributed by atoms with van der Waals surface area (Å²) in [5.41, 5.74) is 1.14. The first-order valence-corrected chi connectivity index (χ1v) is 8.99. The van der Waals surface area contributed by atoms with E-state index in [-0.39, 0.29) is 24.4 Å². The summed E-state index contributed by atoms with van der Waals surface area (Å²) in [6.45, 7) is 4.80. The molecule has 1 aromatic rings. The number of ether oxygens (including phenoxy) is 1. The van der Waals surface area contributed by atoms with Crippen molar-refractivity contribution in [3.63, 3.8) is 0 Å². The van der Waals surface area contributed by atoms with Gasteiger partial charge < -0.3 is 15.0 Å². The first kappa shape index (κ1) is 17.7. The maximum absolute atomic E-state index is 13.2. The molecular weight excluding hydrogens is 324 g/mol. The van der Waals surface area contributed by atoms with Crippen LogP contribution in [-0.2, 0) is 9.53 Å². The Morgan fingerprint density at radius 3 is 2.75 bits per heavy atom. The minimum Gasteiger partial charge on any atom is -0.373 e. The minimum absolute atomic E-state index is 0. The lowest BCUT2D eigenvalue weighted by atomic mass is 9.85. The van der Waals surface area contributed by atoms with Crippen LogP contribution in [0.5, 0.6) is 0 Å². The fourth-order valence-electron chi connectivity index (χ4n) is 4.47. The fourth-order valence-corrected chi connectivity index (χ4v) is 4.47. The topological polar surface area (TPSA) is 41.6 Å². The highest BCUT2D eigenvalue weighted by Crippen LogP contribution is 2.36. The van der Waals surface area contributed by atoms with Gasteiger partial charge in [0.2, 0.25) is 5.91 Å². The smallest absolute Gasteiger partial charge is 0.228 e. The Labute approximate surface area is 150 Å². The molecule has 3 fully saturated rings. The van der Waals surface area contributed by atoms with E-state index in [0.717, 1.165) is 63.5 Å². The number of benzene rings is 1. The second-order valence-electron chi connectivity index (χ2n) is 7.20. The van der Waals surface area contributed by atoms with Gasteiger partial charge in [-0.1, -0.05) is 30.3 Å². The highest BCUT2D eigenvalue weighted by Gasteiger charge is 2.40. The van der Waals surface area contributed by atoms with Crippen molar-refractivity contribution in [3.05, 3.63) is 35.9 Å². The first-order chi connectivity index (χ1) is 11.3. The molecule has 1 N–H and O–H groups in total. The average Bonchev–Trinajstić information content (AvgIpc) is 3.09. The maximum atomic E-state index is 13.2. The molecule has 1 amide bonds. The van der Waals surface area contributed by atoms with Gasteiger partial charge in [0.05, 0.1) is 12.0 Å². The highest BCUT2D eigenvalue weighted by molar-refractivity contribution is 5.85. The molecule has 0 saturated carbocycles. The van der Waals surface area contributed by atoms with Crippen LogP contribution in [0.3, 0.4) is 0 Å². The standard InChI is InChI=1S/C19H26N2O2.ClH/c22-19(21-9-8-15-11-20-12-16(15)13-21)17-7-4-10-23-18(17)14-5-2-1-3-6-14;/h1-3,5-6,15-18,20H,4,7-13H2;1H. The second-order valence-corrected chi connectivity index (χ2v) is 7.20. The molecule has 0 spiro atoms. The number of carbonyl (C=O) groups excluding carboxylic acids is 1. The van der Waals surface area contributed by atoms with Gasteiger partial charge in [-0.25, -0.2) is 0 Å². The van der Waals surface area contributed by atoms with Crippen molar-refractivity contribution in [1.29, 1.82) is 0 Å². The normalized spacial score (nSPS) is 32.8. The van der Waals surface area contributed by atoms with Crippen LogP contribution in [0.25, 0.3) is 0 Å². The average molecular weight is 351 g/mol. The van der Waals surface area contributed by atoms with E-state index in [9.17, 15) is 4.79 Å². The number of hydrogen-bond acceptors (Lipinski definition) is 3. The molecule has 4 rings (SSSR count). The number of piperidine rings is 1. The van der Waals surface area contributed by atoms with Gasteiger partial charge in [0, 0.05) is 19.7 Å². The lowest BCUT2D eigenvalue weighted by molar-refractivity contribution is -0.147. The quantitative estimate of drug-likeness (QED) is 0.891. The molecule has 3 aliphatic rings. The molecule has 4 atom stereocenters. The van der Waals surface area contributed by atoms with Gasteiger partial charge in [-0.3, -0.25) is 4.79 Å². The summed E-state index contributed by atoms with van der Waals surface area (Å²) in [6.07, 6.45) is 3.01. The summed E-state index contributed by atoms with van der Waals surface area (Å²) in [5, 5.41) is 3.48. The fraction of sp³-hybridized carbons (Fsp3) is 0.632. The summed E-state index contributed by atoms with van der Waals surface area (Å²) in [4.78, 5) is 15.3. The van der Waals surface area contributed by atoms with Crippen molar-refractivity contribution in [2.45, 2.75) is 25.4 Å². The summed E-state index contributed by atoms with van der Waals surface area (Å²) < 4.78 is 6.02. The Morgan fingerprint density at radius 2 is 1.92 bits per heavy atom. The van der Waals surface area contributed by atoms with Gasteiger partial charge in [0.25, 0.3) is 0 Å². The van der Waals surface area contributed by atoms with E-state index in [1.54, 1.807) is 0 Å². The van der Waals surface area contributed by atoms with Crippen LogP contribution in [0.2, 0.25) is 0 Å². The zero-order valence-electron chi connectivity index (χ0n) is 14.0. The molecule has 3 aliphatic heterocycles. The van der Waals surface area contributed by atoms with Crippen molar-refractivity contribution in [2.75, 3.05) is 32.8 Å². The Morgan fingerprint density at radius 1 is 1.12 bits per heavy atom. The van der Waals surface area contributed by atoms with E-state index in [2.05, 4.69) is 22.3 Å². The molecule has 1 aromatic carbocycles. The Balaban J connectivity index is 0.00000169. The van der Waals surface area contributed by atoms with Crippen LogP contribution in [0, 0.1) is 17.8 Å². The summed E-state index contributed by atoms with van der Waals surface area (Å²) in [7, 11) is 0. The number of halogens is 1. The number of rotatable bonds is 2. The van der Waals surface area contributed by atoms with Gasteiger partial charge >= 0.3 is 0 Å². The van der Waals surface area contributed by atoms with Crippen molar-refractivity contribution in [2.24, 2.45) is 17.8 Å². The molecule has 0 radical (unpaired) electrons. The monoisotopic (exact) mass is 350 g/mol. The van der Waals surface area contributed by atoms with E-state index >= 15 is 0 Å². The summed E-state index contributed by atoms with van der Waals surface area (Å²) >= 11 is 0. The van der Waals surface area contributed by atoms with Gasteiger partial charge in [-0.05, 0) is 49.8 Å². The lowest BCUT2D eigenvalue weighted by Gasteiger charge is -2.39. The predicted octanol–water partition coefficient (Wildman–Crippen LogP) is 2.64. The SMILES string of the molecule is Cl.O=C(C1CCCOC1c1ccccc1)N1CCC2CNCC2C1. The molecule has 4 unspecified atom stereocenters. The number of nitrogens with one attached hydrogen (secondary N) is 1. The number of nitrogens with zero attached hydrogens (tertiary/aromatic N) is 1. The number of hydrogen-bond donors (Lipinski definition) is 1. The van der Waals surface area contributed by atoms with E-state index in [4.69, 9.17) is 4.74 Å². The molecule has 5 heteroatoms. The molecule has 0 aliphatic carbocycles. The number of likely N-dealkylation sites (tertiary alicyclic amines) is 1. The van der Waals surface area contributed by atoms with Crippen molar-refractivity contribution < 1.29 is 9.53 Å². The third-order valence-corrected chi connectivity index (χ3v) is 5.78. The van der Waals surface area contributed by atoms with Crippen LogP contribution < -0.4 is 5.32 Å². The van der Waals surface area contributed by atoms with Crippen molar-refractivity contribution >= 4 is 18.3 Å². The molecule has 3 heterocycles.